The lowest BCUT2D eigenvalue weighted by Crippen LogP contribution is -2.49. The van der Waals surface area contributed by atoms with Gasteiger partial charge < -0.3 is 34.5 Å². The predicted octanol–water partition coefficient (Wildman–Crippen LogP) is 3.58. The molecule has 0 saturated carbocycles. The molecule has 1 fully saturated rings. The van der Waals surface area contributed by atoms with Crippen LogP contribution in [0, 0.1) is 5.82 Å². The number of hydrogen-bond donors (Lipinski definition) is 3. The summed E-state index contributed by atoms with van der Waals surface area (Å²) < 4.78 is 39.0. The number of carbonyl (C=O) groups is 3. The van der Waals surface area contributed by atoms with Crippen molar-refractivity contribution in [1.29, 1.82) is 0 Å². The van der Waals surface area contributed by atoms with Gasteiger partial charge in [0, 0.05) is 43.5 Å². The van der Waals surface area contributed by atoms with Gasteiger partial charge in [0.25, 0.3) is 11.8 Å². The van der Waals surface area contributed by atoms with E-state index in [0.717, 1.165) is 23.6 Å². The molecule has 15 heteroatoms. The number of hydrogen-bond acceptors (Lipinski definition) is 10. The maximum Gasteiger partial charge on any atom is 0.410 e. The summed E-state index contributed by atoms with van der Waals surface area (Å²) in [5.41, 5.74) is 0.462. The molecular formula is C29H35ClFN5O7S. The van der Waals surface area contributed by atoms with Crippen molar-refractivity contribution in [3.63, 3.8) is 0 Å². The summed E-state index contributed by atoms with van der Waals surface area (Å²) in [5, 5.41) is 5.92. The van der Waals surface area contributed by atoms with Gasteiger partial charge in [-0.1, -0.05) is 11.6 Å². The minimum Gasteiger partial charge on any atom is -0.494 e. The average molecular weight is 652 g/mol. The number of rotatable bonds is 10. The van der Waals surface area contributed by atoms with E-state index in [2.05, 4.69) is 20.3 Å². The smallest absolute Gasteiger partial charge is 0.410 e. The molecule has 0 spiro atoms. The third kappa shape index (κ3) is 8.89. The van der Waals surface area contributed by atoms with Crippen molar-refractivity contribution in [2.45, 2.75) is 50.3 Å². The molecule has 1 atom stereocenters. The zero-order valence-corrected chi connectivity index (χ0v) is 26.4. The van der Waals surface area contributed by atoms with Crippen LogP contribution in [0.3, 0.4) is 0 Å². The fraction of sp³-hybridized carbons (Fsp3) is 0.448. The summed E-state index contributed by atoms with van der Waals surface area (Å²) >= 11 is 6.83. The van der Waals surface area contributed by atoms with Crippen molar-refractivity contribution in [2.24, 2.45) is 0 Å². The Morgan fingerprint density at radius 3 is 2.86 bits per heavy atom. The Bertz CT molecular complexity index is 1420. The van der Waals surface area contributed by atoms with E-state index < -0.39 is 29.3 Å². The first-order valence-electron chi connectivity index (χ1n) is 13.9. The molecule has 3 N–H and O–H groups in total. The third-order valence-corrected chi connectivity index (χ3v) is 7.52. The normalized spacial score (nSPS) is 17.1. The van der Waals surface area contributed by atoms with E-state index in [1.54, 1.807) is 23.4 Å². The molecule has 2 aromatic rings. The largest absolute Gasteiger partial charge is 0.494 e. The molecule has 1 aromatic carbocycles. The van der Waals surface area contributed by atoms with Gasteiger partial charge in [0.15, 0.2) is 5.75 Å². The summed E-state index contributed by atoms with van der Waals surface area (Å²) in [4.78, 5) is 44.3. The number of morpholine rings is 1. The molecule has 4 rings (SSSR count). The Morgan fingerprint density at radius 2 is 2.11 bits per heavy atom. The van der Waals surface area contributed by atoms with Gasteiger partial charge >= 0.3 is 6.09 Å². The summed E-state index contributed by atoms with van der Waals surface area (Å²) in [6, 6.07) is 4.03. The molecule has 0 radical (unpaired) electrons. The maximum absolute atomic E-state index is 13.9. The first-order valence-corrected chi connectivity index (χ1v) is 15.0. The summed E-state index contributed by atoms with van der Waals surface area (Å²) in [6.07, 6.45) is 2.77. The number of halogens is 2. The van der Waals surface area contributed by atoms with Crippen LogP contribution in [-0.4, -0.2) is 79.5 Å². The topological polar surface area (TPSA) is 140 Å². The molecule has 0 unspecified atom stereocenters. The van der Waals surface area contributed by atoms with Crippen molar-refractivity contribution in [3.05, 3.63) is 58.3 Å². The van der Waals surface area contributed by atoms with E-state index in [1.807, 2.05) is 20.8 Å². The van der Waals surface area contributed by atoms with Crippen molar-refractivity contribution in [2.75, 3.05) is 40.0 Å². The maximum atomic E-state index is 13.9. The Balaban J connectivity index is 1.40. The zero-order valence-electron chi connectivity index (χ0n) is 24.8. The van der Waals surface area contributed by atoms with E-state index in [-0.39, 0.29) is 40.5 Å². The minimum absolute atomic E-state index is 0.0482. The summed E-state index contributed by atoms with van der Waals surface area (Å²) in [7, 11) is 1.38. The molecule has 44 heavy (non-hydrogen) atoms. The number of benzene rings is 1. The number of methoxy groups -OCH3 is 1. The molecule has 2 aliphatic heterocycles. The summed E-state index contributed by atoms with van der Waals surface area (Å²) in [6.45, 7) is 7.27. The minimum atomic E-state index is -0.674. The second-order valence-electron chi connectivity index (χ2n) is 10.9. The second-order valence-corrected chi connectivity index (χ2v) is 12.1. The van der Waals surface area contributed by atoms with Gasteiger partial charge in [0.1, 0.15) is 35.5 Å². The number of nitrogens with one attached hydrogen (secondary N) is 3. The van der Waals surface area contributed by atoms with Gasteiger partial charge in [0.2, 0.25) is 0 Å². The van der Waals surface area contributed by atoms with Gasteiger partial charge in [-0.15, -0.1) is 0 Å². The number of nitrogens with zero attached hydrogens (tertiary/aromatic N) is 2. The number of aromatic nitrogens is 1. The fourth-order valence-electron chi connectivity index (χ4n) is 4.41. The van der Waals surface area contributed by atoms with E-state index in [0.29, 0.717) is 44.1 Å². The van der Waals surface area contributed by atoms with Crippen LogP contribution in [0.1, 0.15) is 32.8 Å². The second kappa shape index (κ2) is 14.8. The van der Waals surface area contributed by atoms with Gasteiger partial charge in [0.05, 0.1) is 36.4 Å². The highest BCUT2D eigenvalue weighted by atomic mass is 35.5. The highest BCUT2D eigenvalue weighted by Gasteiger charge is 2.30. The quantitative estimate of drug-likeness (QED) is 0.258. The molecule has 3 amide bonds. The first kappa shape index (κ1) is 33.1. The lowest BCUT2D eigenvalue weighted by molar-refractivity contribution is -0.123. The predicted molar refractivity (Wildman–Crippen MR) is 161 cm³/mol. The Kier molecular flexibility index (Phi) is 11.2. The first-order chi connectivity index (χ1) is 20.9. The number of carbonyl (C=O) groups excluding carboxylic acids is 3. The van der Waals surface area contributed by atoms with Crippen LogP contribution < -0.4 is 24.8 Å². The monoisotopic (exact) mass is 651 g/mol. The van der Waals surface area contributed by atoms with Gasteiger partial charge in [-0.05, 0) is 50.9 Å². The standard InChI is InChI=1S/C29H35ClFN5O7S/c1-29(2,3)43-28(39)36-9-10-41-19(15-36)16-42-22-14-32-7-5-17(22)13-34-21-6-8-33-26(37)24(21)27(38)35-44-23-12-18(31)11-20(30)25(23)40-4/h5,7,11-12,14,19,34H,6,8-10,13,15-16H2,1-4H3,(H,33,37)(H,35,38)/t19-/m0/s1. The van der Waals surface area contributed by atoms with Crippen molar-refractivity contribution in [3.8, 4) is 11.5 Å². The van der Waals surface area contributed by atoms with Crippen LogP contribution in [-0.2, 0) is 25.6 Å². The highest BCUT2D eigenvalue weighted by Crippen LogP contribution is 2.35. The lowest BCUT2D eigenvalue weighted by atomic mass is 10.1. The Morgan fingerprint density at radius 1 is 1.32 bits per heavy atom. The SMILES string of the molecule is COc1c(Cl)cc(F)cc1SNC(=O)C1=C(NCc2ccncc2OC[C@@H]2CN(C(=O)OC(C)(C)C)CCO2)CCNC1=O. The fourth-order valence-corrected chi connectivity index (χ4v) is 5.51. The van der Waals surface area contributed by atoms with Crippen LogP contribution in [0.4, 0.5) is 9.18 Å². The van der Waals surface area contributed by atoms with Gasteiger partial charge in [-0.25, -0.2) is 9.18 Å². The molecular weight excluding hydrogens is 617 g/mol. The molecule has 1 aromatic heterocycles. The Labute approximate surface area is 264 Å². The van der Waals surface area contributed by atoms with Crippen molar-refractivity contribution < 1.29 is 37.7 Å². The van der Waals surface area contributed by atoms with E-state index in [9.17, 15) is 18.8 Å². The van der Waals surface area contributed by atoms with Crippen LogP contribution in [0.2, 0.25) is 5.02 Å². The summed E-state index contributed by atoms with van der Waals surface area (Å²) in [5.74, 6) is -1.14. The molecule has 12 nitrogen and oxygen atoms in total. The molecule has 3 heterocycles. The van der Waals surface area contributed by atoms with Gasteiger partial charge in [-0.2, -0.15) is 0 Å². The average Bonchev–Trinajstić information content (AvgIpc) is 2.97. The van der Waals surface area contributed by atoms with E-state index >= 15 is 0 Å². The van der Waals surface area contributed by atoms with Crippen LogP contribution in [0.5, 0.6) is 11.5 Å². The zero-order chi connectivity index (χ0) is 31.9. The highest BCUT2D eigenvalue weighted by molar-refractivity contribution is 7.98. The van der Waals surface area contributed by atoms with Crippen molar-refractivity contribution in [1.82, 2.24) is 25.2 Å². The Hall–Kier alpha value is -3.75. The number of amides is 3. The molecule has 0 aliphatic carbocycles. The number of ether oxygens (including phenoxy) is 4. The van der Waals surface area contributed by atoms with E-state index in [1.165, 1.54) is 13.2 Å². The molecule has 238 valence electrons. The van der Waals surface area contributed by atoms with Crippen LogP contribution in [0.25, 0.3) is 0 Å². The number of pyridine rings is 1. The molecule has 2 aliphatic rings. The van der Waals surface area contributed by atoms with Crippen LogP contribution >= 0.6 is 23.5 Å². The lowest BCUT2D eigenvalue weighted by Gasteiger charge is -2.34. The van der Waals surface area contributed by atoms with E-state index in [4.69, 9.17) is 30.5 Å². The van der Waals surface area contributed by atoms with Crippen molar-refractivity contribution >= 4 is 41.5 Å². The third-order valence-electron chi connectivity index (χ3n) is 6.43. The van der Waals surface area contributed by atoms with Crippen LogP contribution in [0.15, 0.2) is 46.8 Å². The molecule has 0 bridgehead atoms. The van der Waals surface area contributed by atoms with Gasteiger partial charge in [-0.3, -0.25) is 19.3 Å². The molecule has 1 saturated heterocycles.